The lowest BCUT2D eigenvalue weighted by Gasteiger charge is -1.95. The van der Waals surface area contributed by atoms with Crippen LogP contribution in [0.4, 0.5) is 0 Å². The van der Waals surface area contributed by atoms with E-state index in [-0.39, 0.29) is 0 Å². The van der Waals surface area contributed by atoms with Crippen LogP contribution in [-0.2, 0) is 0 Å². The van der Waals surface area contributed by atoms with Gasteiger partial charge in [0.05, 0.1) is 15.1 Å². The van der Waals surface area contributed by atoms with Gasteiger partial charge in [-0.2, -0.15) is 5.26 Å². The molecule has 1 N–H and O–H groups in total. The van der Waals surface area contributed by atoms with Crippen LogP contribution in [0.1, 0.15) is 5.56 Å². The Hall–Kier alpha value is -2.55. The highest BCUT2D eigenvalue weighted by Gasteiger charge is 2.08. The summed E-state index contributed by atoms with van der Waals surface area (Å²) in [5.74, 6) is 0. The Morgan fingerprint density at radius 1 is 1.17 bits per heavy atom. The summed E-state index contributed by atoms with van der Waals surface area (Å²) in [5, 5.41) is 10.6. The van der Waals surface area contributed by atoms with Crippen LogP contribution >= 0.6 is 23.1 Å². The Kier molecular flexibility index (Phi) is 3.62. The topological polar surface area (TPSA) is 52.5 Å². The van der Waals surface area contributed by atoms with Gasteiger partial charge in [-0.3, -0.25) is 0 Å². The predicted molar refractivity (Wildman–Crippen MR) is 97.4 cm³/mol. The Bertz CT molecular complexity index is 1030. The number of nitrogens with one attached hydrogen (secondary N) is 1. The van der Waals surface area contributed by atoms with Crippen LogP contribution in [0, 0.1) is 11.3 Å². The van der Waals surface area contributed by atoms with Gasteiger partial charge in [0.2, 0.25) is 0 Å². The number of benzene rings is 2. The van der Waals surface area contributed by atoms with Crippen molar-refractivity contribution in [1.82, 2.24) is 9.97 Å². The van der Waals surface area contributed by atoms with E-state index in [1.807, 2.05) is 54.7 Å². The van der Waals surface area contributed by atoms with E-state index in [1.165, 1.54) is 11.8 Å². The first-order valence-electron chi connectivity index (χ1n) is 7.05. The van der Waals surface area contributed by atoms with E-state index in [4.69, 9.17) is 0 Å². The molecular formula is C18H11N3S2. The molecule has 0 saturated heterocycles. The second-order valence-corrected chi connectivity index (χ2v) is 7.28. The van der Waals surface area contributed by atoms with Crippen LogP contribution < -0.4 is 0 Å². The van der Waals surface area contributed by atoms with E-state index < -0.39 is 0 Å². The normalized spacial score (nSPS) is 11.9. The standard InChI is InChI=1S/C18H11N3S2/c19-10-13(9-12-11-20-15-6-2-1-5-14(12)15)22-18-21-16-7-3-4-8-17(16)23-18/h1-9,11,20H/b13-9+. The van der Waals surface area contributed by atoms with Gasteiger partial charge in [-0.25, -0.2) is 4.98 Å². The number of nitriles is 1. The summed E-state index contributed by atoms with van der Waals surface area (Å²) < 4.78 is 2.03. The number of thiazole rings is 1. The van der Waals surface area contributed by atoms with Crippen molar-refractivity contribution in [3.8, 4) is 6.07 Å². The van der Waals surface area contributed by atoms with Crippen molar-refractivity contribution in [2.75, 3.05) is 0 Å². The highest BCUT2D eigenvalue weighted by atomic mass is 32.2. The third kappa shape index (κ3) is 2.74. The summed E-state index contributed by atoms with van der Waals surface area (Å²) in [6, 6.07) is 18.4. The molecule has 0 atom stereocenters. The van der Waals surface area contributed by atoms with E-state index in [0.29, 0.717) is 4.91 Å². The van der Waals surface area contributed by atoms with Crippen molar-refractivity contribution >= 4 is 50.3 Å². The van der Waals surface area contributed by atoms with E-state index in [9.17, 15) is 5.26 Å². The van der Waals surface area contributed by atoms with Gasteiger partial charge in [-0.1, -0.05) is 30.3 Å². The lowest BCUT2D eigenvalue weighted by Crippen LogP contribution is -1.75. The van der Waals surface area contributed by atoms with Crippen molar-refractivity contribution in [3.05, 3.63) is 65.2 Å². The number of aromatic amines is 1. The Balaban J connectivity index is 1.69. The Labute approximate surface area is 141 Å². The van der Waals surface area contributed by atoms with Crippen LogP contribution in [0.5, 0.6) is 0 Å². The Morgan fingerprint density at radius 3 is 2.87 bits per heavy atom. The van der Waals surface area contributed by atoms with Crippen molar-refractivity contribution in [3.63, 3.8) is 0 Å². The second kappa shape index (κ2) is 5.92. The maximum absolute atomic E-state index is 9.46. The summed E-state index contributed by atoms with van der Waals surface area (Å²) in [5.41, 5.74) is 3.07. The molecular weight excluding hydrogens is 322 g/mol. The van der Waals surface area contributed by atoms with Crippen molar-refractivity contribution < 1.29 is 0 Å². The highest BCUT2D eigenvalue weighted by molar-refractivity contribution is 8.05. The van der Waals surface area contributed by atoms with Crippen LogP contribution in [0.3, 0.4) is 0 Å². The van der Waals surface area contributed by atoms with E-state index >= 15 is 0 Å². The summed E-state index contributed by atoms with van der Waals surface area (Å²) >= 11 is 3.02. The van der Waals surface area contributed by atoms with Crippen molar-refractivity contribution in [2.24, 2.45) is 0 Å². The molecule has 0 saturated carbocycles. The molecule has 0 aliphatic rings. The van der Waals surface area contributed by atoms with Gasteiger partial charge < -0.3 is 4.98 Å². The molecule has 5 heteroatoms. The molecule has 0 unspecified atom stereocenters. The van der Waals surface area contributed by atoms with Gasteiger partial charge in [0, 0.05) is 22.7 Å². The molecule has 0 bridgehead atoms. The second-order valence-electron chi connectivity index (χ2n) is 4.96. The molecule has 23 heavy (non-hydrogen) atoms. The number of nitrogens with zero attached hydrogens (tertiary/aromatic N) is 2. The maximum atomic E-state index is 9.46. The molecule has 3 nitrogen and oxygen atoms in total. The van der Waals surface area contributed by atoms with Crippen LogP contribution in [0.2, 0.25) is 0 Å². The summed E-state index contributed by atoms with van der Waals surface area (Å²) in [4.78, 5) is 8.43. The molecule has 2 aromatic heterocycles. The predicted octanol–water partition coefficient (Wildman–Crippen LogP) is 5.43. The largest absolute Gasteiger partial charge is 0.361 e. The van der Waals surface area contributed by atoms with Gasteiger partial charge in [0.1, 0.15) is 6.07 Å². The maximum Gasteiger partial charge on any atom is 0.156 e. The molecule has 0 spiro atoms. The third-order valence-corrected chi connectivity index (χ3v) is 5.52. The lowest BCUT2D eigenvalue weighted by molar-refractivity contribution is 1.31. The zero-order chi connectivity index (χ0) is 15.6. The quantitative estimate of drug-likeness (QED) is 0.401. The number of hydrogen-bond donors (Lipinski definition) is 1. The van der Waals surface area contributed by atoms with E-state index in [2.05, 4.69) is 22.1 Å². The number of hydrogen-bond acceptors (Lipinski definition) is 4. The first-order chi connectivity index (χ1) is 11.3. The summed E-state index contributed by atoms with van der Waals surface area (Å²) in [7, 11) is 0. The molecule has 2 heterocycles. The molecule has 4 aromatic rings. The number of H-pyrrole nitrogens is 1. The highest BCUT2D eigenvalue weighted by Crippen LogP contribution is 2.35. The number of allylic oxidation sites excluding steroid dienone is 1. The van der Waals surface area contributed by atoms with Gasteiger partial charge in [0.25, 0.3) is 0 Å². The SMILES string of the molecule is N#C/C(=C\c1c[nH]c2ccccc12)Sc1nc2ccccc2s1. The van der Waals surface area contributed by atoms with Gasteiger partial charge in [-0.05, 0) is 36.0 Å². The smallest absolute Gasteiger partial charge is 0.156 e. The lowest BCUT2D eigenvalue weighted by atomic mass is 10.1. The fourth-order valence-corrected chi connectivity index (χ4v) is 4.39. The fraction of sp³-hybridized carbons (Fsp3) is 0. The van der Waals surface area contributed by atoms with Crippen LogP contribution in [0.25, 0.3) is 27.2 Å². The molecule has 4 rings (SSSR count). The average Bonchev–Trinajstić information content (AvgIpc) is 3.18. The van der Waals surface area contributed by atoms with Gasteiger partial charge in [0.15, 0.2) is 4.34 Å². The number of para-hydroxylation sites is 2. The molecule has 0 radical (unpaired) electrons. The number of aromatic nitrogens is 2. The first kappa shape index (κ1) is 14.1. The minimum atomic E-state index is 0.633. The van der Waals surface area contributed by atoms with Crippen molar-refractivity contribution in [2.45, 2.75) is 4.34 Å². The molecule has 0 amide bonds. The minimum absolute atomic E-state index is 0.633. The Morgan fingerprint density at radius 2 is 2.00 bits per heavy atom. The van der Waals surface area contributed by atoms with Crippen molar-refractivity contribution in [1.29, 1.82) is 5.26 Å². The van der Waals surface area contributed by atoms with E-state index in [0.717, 1.165) is 31.0 Å². The number of rotatable bonds is 3. The molecule has 2 aromatic carbocycles. The first-order valence-corrected chi connectivity index (χ1v) is 8.68. The minimum Gasteiger partial charge on any atom is -0.361 e. The number of fused-ring (bicyclic) bond motifs is 2. The average molecular weight is 333 g/mol. The zero-order valence-electron chi connectivity index (χ0n) is 12.0. The van der Waals surface area contributed by atoms with E-state index in [1.54, 1.807) is 11.3 Å². The molecule has 0 aliphatic carbocycles. The molecule has 0 fully saturated rings. The third-order valence-electron chi connectivity index (χ3n) is 3.49. The molecule has 0 aliphatic heterocycles. The summed E-state index contributed by atoms with van der Waals surface area (Å²) in [6.07, 6.45) is 3.84. The van der Waals surface area contributed by atoms with Gasteiger partial charge in [-0.15, -0.1) is 11.3 Å². The van der Waals surface area contributed by atoms with Crippen LogP contribution in [0.15, 0.2) is 64.0 Å². The fourth-order valence-electron chi connectivity index (χ4n) is 2.43. The van der Waals surface area contributed by atoms with Crippen LogP contribution in [-0.4, -0.2) is 9.97 Å². The number of thioether (sulfide) groups is 1. The zero-order valence-corrected chi connectivity index (χ0v) is 13.6. The molecule has 110 valence electrons. The monoisotopic (exact) mass is 333 g/mol. The summed E-state index contributed by atoms with van der Waals surface area (Å²) in [6.45, 7) is 0. The van der Waals surface area contributed by atoms with Gasteiger partial charge >= 0.3 is 0 Å².